The van der Waals surface area contributed by atoms with Gasteiger partial charge in [-0.1, -0.05) is 34.1 Å². The van der Waals surface area contributed by atoms with Crippen LogP contribution in [0.3, 0.4) is 0 Å². The lowest BCUT2D eigenvalue weighted by Crippen LogP contribution is -2.26. The first kappa shape index (κ1) is 15.2. The molecular weight excluding hydrogens is 458 g/mol. The first-order valence-corrected chi connectivity index (χ1v) is 8.68. The van der Waals surface area contributed by atoms with Gasteiger partial charge in [-0.25, -0.2) is 0 Å². The van der Waals surface area contributed by atoms with Gasteiger partial charge < -0.3 is 5.32 Å². The highest BCUT2D eigenvalue weighted by Gasteiger charge is 2.16. The number of rotatable bonds is 3. The second-order valence-corrected chi connectivity index (χ2v) is 8.03. The Balaban J connectivity index is 2.13. The largest absolute Gasteiger partial charge is 0.345 e. The molecule has 0 spiro atoms. The van der Waals surface area contributed by atoms with Gasteiger partial charge in [-0.05, 0) is 56.5 Å². The Bertz CT molecular complexity index is 592. The van der Waals surface area contributed by atoms with E-state index in [1.54, 1.807) is 0 Å². The minimum Gasteiger partial charge on any atom is -0.345 e. The van der Waals surface area contributed by atoms with Crippen molar-refractivity contribution in [2.75, 3.05) is 0 Å². The molecule has 0 aliphatic rings. The molecular formula is C13H10Br3NOS. The standard InChI is InChI=1S/C13H10Br3NOS/c1-7(8-4-2-3-5-9(8)14)17-13(18)11-6-10(15)12(16)19-11/h2-7H,1H3,(H,17,18)/t7-/m1/s1. The highest BCUT2D eigenvalue weighted by atomic mass is 79.9. The van der Waals surface area contributed by atoms with Crippen LogP contribution in [0.1, 0.15) is 28.2 Å². The zero-order valence-electron chi connectivity index (χ0n) is 9.91. The van der Waals surface area contributed by atoms with Crippen LogP contribution in [0.25, 0.3) is 0 Å². The van der Waals surface area contributed by atoms with Gasteiger partial charge in [0.25, 0.3) is 5.91 Å². The zero-order valence-corrected chi connectivity index (χ0v) is 15.5. The molecule has 2 aromatic rings. The van der Waals surface area contributed by atoms with Crippen LogP contribution in [0.2, 0.25) is 0 Å². The van der Waals surface area contributed by atoms with Crippen LogP contribution >= 0.6 is 59.1 Å². The average Bonchev–Trinajstić information content (AvgIpc) is 2.70. The average molecular weight is 468 g/mol. The number of thiophene rings is 1. The van der Waals surface area contributed by atoms with E-state index in [1.807, 2.05) is 37.3 Å². The number of hydrogen-bond acceptors (Lipinski definition) is 2. The number of nitrogens with one attached hydrogen (secondary N) is 1. The minimum absolute atomic E-state index is 0.0530. The number of benzene rings is 1. The summed E-state index contributed by atoms with van der Waals surface area (Å²) < 4.78 is 2.82. The maximum absolute atomic E-state index is 12.1. The van der Waals surface area contributed by atoms with Crippen molar-refractivity contribution in [3.8, 4) is 0 Å². The van der Waals surface area contributed by atoms with E-state index in [4.69, 9.17) is 0 Å². The summed E-state index contributed by atoms with van der Waals surface area (Å²) in [6.45, 7) is 1.97. The van der Waals surface area contributed by atoms with Gasteiger partial charge in [-0.3, -0.25) is 4.79 Å². The third kappa shape index (κ3) is 3.68. The second kappa shape index (κ2) is 6.52. The molecule has 0 radical (unpaired) electrons. The molecule has 1 N–H and O–H groups in total. The van der Waals surface area contributed by atoms with Gasteiger partial charge in [0.2, 0.25) is 0 Å². The normalized spacial score (nSPS) is 12.2. The lowest BCUT2D eigenvalue weighted by Gasteiger charge is -2.15. The monoisotopic (exact) mass is 465 g/mol. The van der Waals surface area contributed by atoms with Crippen LogP contribution in [0, 0.1) is 0 Å². The fraction of sp³-hybridized carbons (Fsp3) is 0.154. The molecule has 19 heavy (non-hydrogen) atoms. The molecule has 0 unspecified atom stereocenters. The summed E-state index contributed by atoms with van der Waals surface area (Å²) in [4.78, 5) is 12.8. The van der Waals surface area contributed by atoms with Crippen molar-refractivity contribution in [1.82, 2.24) is 5.32 Å². The van der Waals surface area contributed by atoms with Crippen molar-refractivity contribution in [3.63, 3.8) is 0 Å². The maximum Gasteiger partial charge on any atom is 0.261 e. The Hall–Kier alpha value is -0.170. The van der Waals surface area contributed by atoms with E-state index in [0.717, 1.165) is 18.3 Å². The molecule has 6 heteroatoms. The Morgan fingerprint density at radius 2 is 1.89 bits per heavy atom. The molecule has 0 saturated heterocycles. The summed E-state index contributed by atoms with van der Waals surface area (Å²) >= 11 is 11.7. The van der Waals surface area contributed by atoms with Gasteiger partial charge in [0, 0.05) is 8.95 Å². The molecule has 100 valence electrons. The molecule has 2 nitrogen and oxygen atoms in total. The minimum atomic E-state index is -0.0698. The van der Waals surface area contributed by atoms with Gasteiger partial charge >= 0.3 is 0 Å². The van der Waals surface area contributed by atoms with Crippen LogP contribution < -0.4 is 5.32 Å². The highest BCUT2D eigenvalue weighted by Crippen LogP contribution is 2.32. The van der Waals surface area contributed by atoms with Crippen molar-refractivity contribution < 1.29 is 4.79 Å². The quantitative estimate of drug-likeness (QED) is 0.632. The van der Waals surface area contributed by atoms with Crippen LogP contribution in [0.15, 0.2) is 43.1 Å². The molecule has 1 amide bonds. The zero-order chi connectivity index (χ0) is 14.0. The Morgan fingerprint density at radius 3 is 2.47 bits per heavy atom. The molecule has 1 aromatic heterocycles. The van der Waals surface area contributed by atoms with E-state index in [1.165, 1.54) is 11.3 Å². The van der Waals surface area contributed by atoms with E-state index in [2.05, 4.69) is 53.1 Å². The Morgan fingerprint density at radius 1 is 1.21 bits per heavy atom. The van der Waals surface area contributed by atoms with Gasteiger partial charge in [-0.2, -0.15) is 0 Å². The predicted octanol–water partition coefficient (Wildman–Crippen LogP) is 5.53. The summed E-state index contributed by atoms with van der Waals surface area (Å²) in [5.41, 5.74) is 1.06. The van der Waals surface area contributed by atoms with Crippen LogP contribution in [0.5, 0.6) is 0 Å². The molecule has 0 fully saturated rings. The summed E-state index contributed by atoms with van der Waals surface area (Å²) in [6.07, 6.45) is 0. The van der Waals surface area contributed by atoms with Crippen LogP contribution in [-0.4, -0.2) is 5.91 Å². The number of carbonyl (C=O) groups is 1. The molecule has 0 bridgehead atoms. The lowest BCUT2D eigenvalue weighted by molar-refractivity contribution is 0.0944. The summed E-state index contributed by atoms with van der Waals surface area (Å²) in [7, 11) is 0. The van der Waals surface area contributed by atoms with Crippen molar-refractivity contribution in [2.45, 2.75) is 13.0 Å². The Kier molecular flexibility index (Phi) is 5.22. The fourth-order valence-corrected chi connectivity index (χ4v) is 4.20. The number of halogens is 3. The first-order chi connectivity index (χ1) is 8.99. The van der Waals surface area contributed by atoms with Crippen molar-refractivity contribution in [2.24, 2.45) is 0 Å². The Labute approximate surface area is 141 Å². The van der Waals surface area contributed by atoms with Crippen molar-refractivity contribution in [1.29, 1.82) is 0 Å². The summed E-state index contributed by atoms with van der Waals surface area (Å²) in [6, 6.07) is 9.64. The highest BCUT2D eigenvalue weighted by molar-refractivity contribution is 9.13. The smallest absolute Gasteiger partial charge is 0.261 e. The first-order valence-electron chi connectivity index (χ1n) is 5.49. The number of hydrogen-bond donors (Lipinski definition) is 1. The fourth-order valence-electron chi connectivity index (χ4n) is 1.63. The number of carbonyl (C=O) groups excluding carboxylic acids is 1. The SMILES string of the molecule is C[C@@H](NC(=O)c1cc(Br)c(Br)s1)c1ccccc1Br. The van der Waals surface area contributed by atoms with Gasteiger partial charge in [0.1, 0.15) is 0 Å². The van der Waals surface area contributed by atoms with Gasteiger partial charge in [0.15, 0.2) is 0 Å². The summed E-state index contributed by atoms with van der Waals surface area (Å²) in [5.74, 6) is -0.0698. The maximum atomic E-state index is 12.1. The van der Waals surface area contributed by atoms with E-state index < -0.39 is 0 Å². The molecule has 0 aliphatic heterocycles. The third-order valence-corrected chi connectivity index (χ3v) is 6.57. The summed E-state index contributed by atoms with van der Waals surface area (Å²) in [5, 5.41) is 2.99. The van der Waals surface area contributed by atoms with E-state index in [-0.39, 0.29) is 11.9 Å². The molecule has 1 heterocycles. The van der Waals surface area contributed by atoms with E-state index in [0.29, 0.717) is 4.88 Å². The third-order valence-electron chi connectivity index (χ3n) is 2.59. The van der Waals surface area contributed by atoms with Crippen LogP contribution in [-0.2, 0) is 0 Å². The van der Waals surface area contributed by atoms with Crippen LogP contribution in [0.4, 0.5) is 0 Å². The van der Waals surface area contributed by atoms with Gasteiger partial charge in [0.05, 0.1) is 14.7 Å². The second-order valence-electron chi connectivity index (χ2n) is 3.95. The molecule has 0 saturated carbocycles. The van der Waals surface area contributed by atoms with Crippen molar-refractivity contribution >= 4 is 65.0 Å². The lowest BCUT2D eigenvalue weighted by atomic mass is 10.1. The topological polar surface area (TPSA) is 29.1 Å². The van der Waals surface area contributed by atoms with Crippen molar-refractivity contribution in [3.05, 3.63) is 53.5 Å². The predicted molar refractivity (Wildman–Crippen MR) is 89.7 cm³/mol. The number of amides is 1. The molecule has 1 aromatic carbocycles. The molecule has 0 aliphatic carbocycles. The van der Waals surface area contributed by atoms with Gasteiger partial charge in [-0.15, -0.1) is 11.3 Å². The van der Waals surface area contributed by atoms with E-state index >= 15 is 0 Å². The molecule has 2 rings (SSSR count). The molecule has 1 atom stereocenters. The van der Waals surface area contributed by atoms with E-state index in [9.17, 15) is 4.79 Å².